The molecule has 0 bridgehead atoms. The summed E-state index contributed by atoms with van der Waals surface area (Å²) in [6.45, 7) is 3.34. The molecular weight excluding hydrogens is 334 g/mol. The molecule has 0 spiro atoms. The molecule has 110 valence electrons. The van der Waals surface area contributed by atoms with E-state index in [1.54, 1.807) is 13.8 Å². The highest BCUT2D eigenvalue weighted by molar-refractivity contribution is 9.10. The van der Waals surface area contributed by atoms with E-state index in [1.165, 1.54) is 12.1 Å². The van der Waals surface area contributed by atoms with Gasteiger partial charge in [0.2, 0.25) is 6.04 Å². The van der Waals surface area contributed by atoms with Crippen molar-refractivity contribution < 1.29 is 28.3 Å². The third kappa shape index (κ3) is 4.37. The Balaban J connectivity index is 2.80. The molecule has 0 aliphatic carbocycles. The zero-order chi connectivity index (χ0) is 15.1. The summed E-state index contributed by atoms with van der Waals surface area (Å²) in [5, 5.41) is 2.21. The second kappa shape index (κ2) is 7.68. The van der Waals surface area contributed by atoms with Crippen LogP contribution in [0.5, 0.6) is 0 Å². The smallest absolute Gasteiger partial charge is 0.340 e. The van der Waals surface area contributed by atoms with Gasteiger partial charge in [-0.1, -0.05) is 0 Å². The minimum absolute atomic E-state index is 0.0459. The number of hydrogen-bond donors (Lipinski definition) is 1. The van der Waals surface area contributed by atoms with Gasteiger partial charge in [0.25, 0.3) is 5.91 Å². The van der Waals surface area contributed by atoms with Crippen molar-refractivity contribution in [1.29, 1.82) is 0 Å². The molecule has 1 amide bonds. The van der Waals surface area contributed by atoms with Crippen molar-refractivity contribution >= 4 is 33.8 Å². The predicted molar refractivity (Wildman–Crippen MR) is 70.9 cm³/mol. The molecule has 0 atom stereocenters. The number of carbonyl (C=O) groups excluding carboxylic acids is 3. The molecule has 20 heavy (non-hydrogen) atoms. The lowest BCUT2D eigenvalue weighted by Crippen LogP contribution is -2.48. The molecule has 0 fully saturated rings. The number of hydrogen-bond acceptors (Lipinski definition) is 6. The van der Waals surface area contributed by atoms with Crippen molar-refractivity contribution in [2.75, 3.05) is 13.2 Å². The fourth-order valence-corrected chi connectivity index (χ4v) is 1.61. The molecule has 0 aromatic carbocycles. The van der Waals surface area contributed by atoms with Crippen LogP contribution in [-0.2, 0) is 19.1 Å². The average Bonchev–Trinajstić information content (AvgIpc) is 2.83. The Morgan fingerprint density at radius 3 is 2.15 bits per heavy atom. The third-order valence-corrected chi connectivity index (χ3v) is 2.54. The van der Waals surface area contributed by atoms with Gasteiger partial charge < -0.3 is 19.2 Å². The molecule has 0 saturated carbocycles. The molecule has 1 heterocycles. The molecule has 7 nitrogen and oxygen atoms in total. The lowest BCUT2D eigenvalue weighted by Gasteiger charge is -2.15. The summed E-state index contributed by atoms with van der Waals surface area (Å²) in [4.78, 5) is 35.2. The fraction of sp³-hybridized carbons (Fsp3) is 0.417. The monoisotopic (exact) mass is 347 g/mol. The highest BCUT2D eigenvalue weighted by Crippen LogP contribution is 2.14. The molecule has 0 unspecified atom stereocenters. The highest BCUT2D eigenvalue weighted by atomic mass is 79.9. The second-order valence-electron chi connectivity index (χ2n) is 3.51. The van der Waals surface area contributed by atoms with Crippen LogP contribution in [0.15, 0.2) is 21.2 Å². The van der Waals surface area contributed by atoms with Gasteiger partial charge in [0.05, 0.1) is 13.2 Å². The predicted octanol–water partition coefficient (Wildman–Crippen LogP) is 1.27. The van der Waals surface area contributed by atoms with E-state index < -0.39 is 23.9 Å². The van der Waals surface area contributed by atoms with E-state index in [1.807, 2.05) is 0 Å². The van der Waals surface area contributed by atoms with E-state index in [2.05, 4.69) is 21.2 Å². The molecule has 1 aromatic heterocycles. The van der Waals surface area contributed by atoms with E-state index >= 15 is 0 Å². The van der Waals surface area contributed by atoms with E-state index in [4.69, 9.17) is 13.9 Å². The maximum absolute atomic E-state index is 11.8. The first-order valence-electron chi connectivity index (χ1n) is 5.89. The van der Waals surface area contributed by atoms with Crippen LogP contribution < -0.4 is 5.32 Å². The van der Waals surface area contributed by atoms with Gasteiger partial charge in [0.1, 0.15) is 0 Å². The van der Waals surface area contributed by atoms with Gasteiger partial charge in [0.15, 0.2) is 10.4 Å². The normalized spacial score (nSPS) is 10.2. The molecule has 1 N–H and O–H groups in total. The number of amides is 1. The molecule has 8 heteroatoms. The van der Waals surface area contributed by atoms with Gasteiger partial charge in [-0.05, 0) is 41.9 Å². The molecule has 0 radical (unpaired) electrons. The van der Waals surface area contributed by atoms with Gasteiger partial charge in [-0.3, -0.25) is 4.79 Å². The zero-order valence-corrected chi connectivity index (χ0v) is 12.6. The fourth-order valence-electron chi connectivity index (χ4n) is 1.30. The quantitative estimate of drug-likeness (QED) is 0.615. The van der Waals surface area contributed by atoms with E-state index in [0.29, 0.717) is 4.67 Å². The molecule has 0 aliphatic rings. The van der Waals surface area contributed by atoms with E-state index in [0.717, 1.165) is 0 Å². The van der Waals surface area contributed by atoms with Crippen molar-refractivity contribution in [3.05, 3.63) is 22.6 Å². The van der Waals surface area contributed by atoms with Crippen LogP contribution in [0.3, 0.4) is 0 Å². The largest absolute Gasteiger partial charge is 0.464 e. The summed E-state index contributed by atoms with van der Waals surface area (Å²) in [5.41, 5.74) is 0. The lowest BCUT2D eigenvalue weighted by molar-refractivity contribution is -0.157. The topological polar surface area (TPSA) is 94.8 Å². The van der Waals surface area contributed by atoms with Crippen LogP contribution in [0.2, 0.25) is 0 Å². The van der Waals surface area contributed by atoms with Gasteiger partial charge in [0, 0.05) is 0 Å². The number of halogens is 1. The van der Waals surface area contributed by atoms with E-state index in [-0.39, 0.29) is 19.0 Å². The Morgan fingerprint density at radius 2 is 1.75 bits per heavy atom. The molecule has 1 rings (SSSR count). The SMILES string of the molecule is CCOC(=O)C(NC(=O)c1ccc(Br)o1)C(=O)OCC. The number of carbonyl (C=O) groups is 3. The molecular formula is C12H14BrNO6. The Morgan fingerprint density at radius 1 is 1.20 bits per heavy atom. The standard InChI is InChI=1S/C12H14BrNO6/c1-3-18-11(16)9(12(17)19-4-2)14-10(15)7-5-6-8(13)20-7/h5-6,9H,3-4H2,1-2H3,(H,14,15). The van der Waals surface area contributed by atoms with Gasteiger partial charge >= 0.3 is 11.9 Å². The van der Waals surface area contributed by atoms with Crippen molar-refractivity contribution in [2.45, 2.75) is 19.9 Å². The lowest BCUT2D eigenvalue weighted by atomic mass is 10.3. The first kappa shape index (κ1) is 16.2. The Bertz CT molecular complexity index is 480. The molecule has 0 saturated heterocycles. The number of esters is 2. The number of ether oxygens (including phenoxy) is 2. The summed E-state index contributed by atoms with van der Waals surface area (Å²) in [6, 6.07) is 1.39. The van der Waals surface area contributed by atoms with Gasteiger partial charge in [-0.2, -0.15) is 0 Å². The average molecular weight is 348 g/mol. The Labute approximate surface area is 123 Å². The maximum atomic E-state index is 11.8. The van der Waals surface area contributed by atoms with Crippen LogP contribution in [0.25, 0.3) is 0 Å². The highest BCUT2D eigenvalue weighted by Gasteiger charge is 2.32. The van der Waals surface area contributed by atoms with Crippen molar-refractivity contribution in [2.24, 2.45) is 0 Å². The van der Waals surface area contributed by atoms with Crippen LogP contribution >= 0.6 is 15.9 Å². The zero-order valence-electron chi connectivity index (χ0n) is 11.0. The van der Waals surface area contributed by atoms with Crippen LogP contribution in [-0.4, -0.2) is 37.1 Å². The number of nitrogens with one attached hydrogen (secondary N) is 1. The first-order valence-corrected chi connectivity index (χ1v) is 6.68. The van der Waals surface area contributed by atoms with Gasteiger partial charge in [-0.15, -0.1) is 0 Å². The Kier molecular flexibility index (Phi) is 6.23. The molecule has 0 aliphatic heterocycles. The summed E-state index contributed by atoms with van der Waals surface area (Å²) in [5.74, 6) is -2.54. The third-order valence-electron chi connectivity index (χ3n) is 2.12. The first-order chi connectivity index (χ1) is 9.49. The van der Waals surface area contributed by atoms with Gasteiger partial charge in [-0.25, -0.2) is 9.59 Å². The van der Waals surface area contributed by atoms with Crippen molar-refractivity contribution in [3.8, 4) is 0 Å². The summed E-state index contributed by atoms with van der Waals surface area (Å²) in [7, 11) is 0. The Hall–Kier alpha value is -1.83. The van der Waals surface area contributed by atoms with Crippen LogP contribution in [0, 0.1) is 0 Å². The van der Waals surface area contributed by atoms with Crippen molar-refractivity contribution in [3.63, 3.8) is 0 Å². The van der Waals surface area contributed by atoms with E-state index in [9.17, 15) is 14.4 Å². The summed E-state index contributed by atoms with van der Waals surface area (Å²) >= 11 is 3.04. The van der Waals surface area contributed by atoms with Crippen LogP contribution in [0.4, 0.5) is 0 Å². The number of rotatable bonds is 6. The second-order valence-corrected chi connectivity index (χ2v) is 4.30. The minimum atomic E-state index is -1.52. The molecule has 1 aromatic rings. The number of furan rings is 1. The van der Waals surface area contributed by atoms with Crippen molar-refractivity contribution in [1.82, 2.24) is 5.32 Å². The minimum Gasteiger partial charge on any atom is -0.464 e. The maximum Gasteiger partial charge on any atom is 0.340 e. The van der Waals surface area contributed by atoms with Crippen LogP contribution in [0.1, 0.15) is 24.4 Å². The summed E-state index contributed by atoms with van der Waals surface area (Å²) in [6.07, 6.45) is 0. The summed E-state index contributed by atoms with van der Waals surface area (Å²) < 4.78 is 14.8.